The number of nitrogens with zero attached hydrogens (tertiary/aromatic N) is 1. The van der Waals surface area contributed by atoms with Crippen LogP contribution in [0.4, 0.5) is 0 Å². The van der Waals surface area contributed by atoms with Gasteiger partial charge >= 0.3 is 0 Å². The van der Waals surface area contributed by atoms with Crippen molar-refractivity contribution in [2.75, 3.05) is 19.7 Å². The lowest BCUT2D eigenvalue weighted by Crippen LogP contribution is -2.19. The van der Waals surface area contributed by atoms with Crippen LogP contribution in [0.3, 0.4) is 0 Å². The van der Waals surface area contributed by atoms with Crippen LogP contribution in [0, 0.1) is 23.7 Å². The van der Waals surface area contributed by atoms with Gasteiger partial charge in [0, 0.05) is 25.2 Å². The Morgan fingerprint density at radius 3 is 2.33 bits per heavy atom. The fraction of sp³-hybridized carbons (Fsp3) is 0.500. The van der Waals surface area contributed by atoms with Crippen LogP contribution in [0.1, 0.15) is 25.0 Å². The molecule has 96 valence electrons. The SMILES string of the molecule is CC1CN(Cc2ccc(C#CCO)cc2)CC1C. The first-order valence-corrected chi connectivity index (χ1v) is 6.60. The fourth-order valence-corrected chi connectivity index (χ4v) is 2.47. The van der Waals surface area contributed by atoms with Gasteiger partial charge in [-0.2, -0.15) is 0 Å². The molecular weight excluding hydrogens is 222 g/mol. The monoisotopic (exact) mass is 243 g/mol. The molecule has 0 aliphatic carbocycles. The van der Waals surface area contributed by atoms with Gasteiger partial charge < -0.3 is 5.11 Å². The van der Waals surface area contributed by atoms with Crippen LogP contribution < -0.4 is 0 Å². The molecule has 0 spiro atoms. The Morgan fingerprint density at radius 2 is 1.78 bits per heavy atom. The van der Waals surface area contributed by atoms with Gasteiger partial charge in [-0.1, -0.05) is 37.8 Å². The summed E-state index contributed by atoms with van der Waals surface area (Å²) in [5.41, 5.74) is 2.31. The zero-order chi connectivity index (χ0) is 13.0. The van der Waals surface area contributed by atoms with Crippen LogP contribution in [0.2, 0.25) is 0 Å². The fourth-order valence-electron chi connectivity index (χ4n) is 2.47. The van der Waals surface area contributed by atoms with E-state index in [0.29, 0.717) is 0 Å². The van der Waals surface area contributed by atoms with Gasteiger partial charge in [-0.05, 0) is 29.5 Å². The summed E-state index contributed by atoms with van der Waals surface area (Å²) in [6, 6.07) is 8.33. The van der Waals surface area contributed by atoms with E-state index in [-0.39, 0.29) is 6.61 Å². The van der Waals surface area contributed by atoms with Crippen LogP contribution in [0.25, 0.3) is 0 Å². The summed E-state index contributed by atoms with van der Waals surface area (Å²) in [7, 11) is 0. The number of aliphatic hydroxyl groups is 1. The summed E-state index contributed by atoms with van der Waals surface area (Å²) in [4.78, 5) is 2.52. The van der Waals surface area contributed by atoms with Gasteiger partial charge in [0.05, 0.1) is 0 Å². The van der Waals surface area contributed by atoms with Crippen molar-refractivity contribution in [1.29, 1.82) is 0 Å². The average Bonchev–Trinajstić information content (AvgIpc) is 2.67. The molecule has 1 saturated heterocycles. The lowest BCUT2D eigenvalue weighted by molar-refractivity contribution is 0.316. The standard InChI is InChI=1S/C16H21NO/c1-13-10-17(11-14(13)2)12-16-7-5-15(6-8-16)4-3-9-18/h5-8,13-14,18H,9-12H2,1-2H3. The molecule has 1 aromatic carbocycles. The predicted molar refractivity (Wildman–Crippen MR) is 74.0 cm³/mol. The van der Waals surface area contributed by atoms with E-state index in [0.717, 1.165) is 23.9 Å². The summed E-state index contributed by atoms with van der Waals surface area (Å²) in [5.74, 6) is 7.19. The van der Waals surface area contributed by atoms with E-state index in [1.165, 1.54) is 18.7 Å². The van der Waals surface area contributed by atoms with Crippen LogP contribution in [-0.4, -0.2) is 29.7 Å². The Bertz CT molecular complexity index is 430. The highest BCUT2D eigenvalue weighted by atomic mass is 16.2. The predicted octanol–water partition coefficient (Wildman–Crippen LogP) is 2.12. The lowest BCUT2D eigenvalue weighted by Gasteiger charge is -2.15. The van der Waals surface area contributed by atoms with E-state index in [1.807, 2.05) is 12.1 Å². The molecule has 18 heavy (non-hydrogen) atoms. The quantitative estimate of drug-likeness (QED) is 0.804. The first-order chi connectivity index (χ1) is 8.69. The minimum absolute atomic E-state index is 0.0781. The molecule has 2 nitrogen and oxygen atoms in total. The van der Waals surface area contributed by atoms with Crippen LogP contribution in [0.5, 0.6) is 0 Å². The van der Waals surface area contributed by atoms with Crippen molar-refractivity contribution in [3.63, 3.8) is 0 Å². The highest BCUT2D eigenvalue weighted by molar-refractivity contribution is 5.36. The molecule has 1 N–H and O–H groups in total. The van der Waals surface area contributed by atoms with Crippen molar-refractivity contribution in [3.05, 3.63) is 35.4 Å². The molecular formula is C16H21NO. The molecule has 1 aliphatic heterocycles. The van der Waals surface area contributed by atoms with Gasteiger partial charge in [-0.15, -0.1) is 0 Å². The number of likely N-dealkylation sites (tertiary alicyclic amines) is 1. The summed E-state index contributed by atoms with van der Waals surface area (Å²) in [6.07, 6.45) is 0. The molecule has 1 aromatic rings. The van der Waals surface area contributed by atoms with Gasteiger partial charge in [0.2, 0.25) is 0 Å². The van der Waals surface area contributed by atoms with Gasteiger partial charge in [0.1, 0.15) is 6.61 Å². The number of rotatable bonds is 2. The average molecular weight is 243 g/mol. The smallest absolute Gasteiger partial charge is 0.104 e. The van der Waals surface area contributed by atoms with Crippen molar-refractivity contribution >= 4 is 0 Å². The van der Waals surface area contributed by atoms with Crippen LogP contribution >= 0.6 is 0 Å². The van der Waals surface area contributed by atoms with E-state index >= 15 is 0 Å². The third-order valence-electron chi connectivity index (χ3n) is 3.74. The number of aliphatic hydroxyl groups excluding tert-OH is 1. The lowest BCUT2D eigenvalue weighted by atomic mass is 10.0. The minimum atomic E-state index is -0.0781. The number of hydrogen-bond acceptors (Lipinski definition) is 2. The first kappa shape index (κ1) is 13.1. The molecule has 2 heteroatoms. The van der Waals surface area contributed by atoms with E-state index in [9.17, 15) is 0 Å². The molecule has 0 aromatic heterocycles. The molecule has 2 unspecified atom stereocenters. The van der Waals surface area contributed by atoms with Gasteiger partial charge in [0.15, 0.2) is 0 Å². The summed E-state index contributed by atoms with van der Waals surface area (Å²) >= 11 is 0. The van der Waals surface area contributed by atoms with Crippen molar-refractivity contribution < 1.29 is 5.11 Å². The van der Waals surface area contributed by atoms with Crippen molar-refractivity contribution in [2.45, 2.75) is 20.4 Å². The van der Waals surface area contributed by atoms with Gasteiger partial charge in [-0.3, -0.25) is 4.90 Å². The second-order valence-corrected chi connectivity index (χ2v) is 5.31. The van der Waals surface area contributed by atoms with Crippen molar-refractivity contribution in [1.82, 2.24) is 4.90 Å². The van der Waals surface area contributed by atoms with Gasteiger partial charge in [0.25, 0.3) is 0 Å². The van der Waals surface area contributed by atoms with Crippen LogP contribution in [0.15, 0.2) is 24.3 Å². The zero-order valence-electron chi connectivity index (χ0n) is 11.2. The largest absolute Gasteiger partial charge is 0.384 e. The third kappa shape index (κ3) is 3.35. The molecule has 1 fully saturated rings. The van der Waals surface area contributed by atoms with Crippen LogP contribution in [-0.2, 0) is 6.54 Å². The van der Waals surface area contributed by atoms with E-state index in [4.69, 9.17) is 5.11 Å². The maximum atomic E-state index is 8.64. The van der Waals surface area contributed by atoms with E-state index < -0.39 is 0 Å². The second-order valence-electron chi connectivity index (χ2n) is 5.31. The Kier molecular flexibility index (Phi) is 4.41. The Labute approximate surface area is 110 Å². The molecule has 2 rings (SSSR count). The summed E-state index contributed by atoms with van der Waals surface area (Å²) in [6.45, 7) is 8.02. The third-order valence-corrected chi connectivity index (χ3v) is 3.74. The number of hydrogen-bond donors (Lipinski definition) is 1. The molecule has 1 heterocycles. The van der Waals surface area contributed by atoms with Gasteiger partial charge in [-0.25, -0.2) is 0 Å². The number of benzene rings is 1. The summed E-state index contributed by atoms with van der Waals surface area (Å²) < 4.78 is 0. The summed E-state index contributed by atoms with van der Waals surface area (Å²) in [5, 5.41) is 8.64. The second kappa shape index (κ2) is 6.04. The van der Waals surface area contributed by atoms with E-state index in [1.54, 1.807) is 0 Å². The zero-order valence-corrected chi connectivity index (χ0v) is 11.2. The first-order valence-electron chi connectivity index (χ1n) is 6.60. The molecule has 0 bridgehead atoms. The Hall–Kier alpha value is -1.30. The Balaban J connectivity index is 1.94. The molecule has 2 atom stereocenters. The molecule has 0 saturated carbocycles. The molecule has 0 radical (unpaired) electrons. The molecule has 0 amide bonds. The normalized spacial score (nSPS) is 23.7. The van der Waals surface area contributed by atoms with Crippen molar-refractivity contribution in [2.24, 2.45) is 11.8 Å². The van der Waals surface area contributed by atoms with Crippen molar-refractivity contribution in [3.8, 4) is 11.8 Å². The highest BCUT2D eigenvalue weighted by Gasteiger charge is 2.25. The topological polar surface area (TPSA) is 23.5 Å². The maximum absolute atomic E-state index is 8.64. The molecule has 1 aliphatic rings. The van der Waals surface area contributed by atoms with E-state index in [2.05, 4.69) is 42.7 Å². The minimum Gasteiger partial charge on any atom is -0.384 e. The maximum Gasteiger partial charge on any atom is 0.104 e. The highest BCUT2D eigenvalue weighted by Crippen LogP contribution is 2.23. The Morgan fingerprint density at radius 1 is 1.17 bits per heavy atom.